The van der Waals surface area contributed by atoms with Gasteiger partial charge in [0.05, 0.1) is 13.3 Å². The number of benzene rings is 1. The summed E-state index contributed by atoms with van der Waals surface area (Å²) in [5.41, 5.74) is 1.73. The number of methoxy groups -OCH3 is 1. The number of likely N-dealkylation sites (tertiary alicyclic amines) is 1. The minimum Gasteiger partial charge on any atom is -0.466 e. The maximum Gasteiger partial charge on any atom is 0.330 e. The van der Waals surface area contributed by atoms with Gasteiger partial charge in [0.2, 0.25) is 0 Å². The van der Waals surface area contributed by atoms with Crippen LogP contribution in [0.5, 0.6) is 0 Å². The zero-order valence-electron chi connectivity index (χ0n) is 22.0. The fourth-order valence-electron chi connectivity index (χ4n) is 5.43. The standard InChI is InChI=1S/C29H34F3N3O2/c1-6-34-16-22(15-33-34)20-8-9-23-21(14-20)11-18(2)35(17-29(3,4)32)28(23)27-24(30)12-19(13-25(27)31)7-10-26(36)37-5/h7-8,10,12-16,18,23,28H,6,9,11,17H2,1-5H3/b10-7+. The number of aromatic nitrogens is 2. The maximum atomic E-state index is 15.6. The van der Waals surface area contributed by atoms with Gasteiger partial charge < -0.3 is 4.74 Å². The molecule has 2 aromatic rings. The third-order valence-electron chi connectivity index (χ3n) is 7.10. The number of aryl methyl sites for hydroxylation is 1. The summed E-state index contributed by atoms with van der Waals surface area (Å²) in [5, 5.41) is 4.37. The van der Waals surface area contributed by atoms with Crippen LogP contribution in [-0.4, -0.2) is 46.0 Å². The predicted octanol–water partition coefficient (Wildman–Crippen LogP) is 6.28. The van der Waals surface area contributed by atoms with Crippen molar-refractivity contribution in [2.24, 2.45) is 5.92 Å². The van der Waals surface area contributed by atoms with Gasteiger partial charge in [-0.15, -0.1) is 0 Å². The van der Waals surface area contributed by atoms with Gasteiger partial charge >= 0.3 is 5.97 Å². The molecule has 3 atom stereocenters. The molecule has 1 fully saturated rings. The Morgan fingerprint density at radius 2 is 1.97 bits per heavy atom. The Balaban J connectivity index is 1.75. The summed E-state index contributed by atoms with van der Waals surface area (Å²) in [5.74, 6) is -2.26. The Hall–Kier alpha value is -3.13. The lowest BCUT2D eigenvalue weighted by Crippen LogP contribution is -2.50. The number of ether oxygens (including phenoxy) is 1. The Morgan fingerprint density at radius 3 is 2.57 bits per heavy atom. The number of piperidine rings is 1. The number of allylic oxidation sites excluding steroid dienone is 3. The molecule has 0 radical (unpaired) electrons. The number of carbonyl (C=O) groups is 1. The average molecular weight is 514 g/mol. The molecule has 2 aliphatic rings. The van der Waals surface area contributed by atoms with Crippen LogP contribution in [0.1, 0.15) is 63.3 Å². The number of fused-ring (bicyclic) bond motifs is 1. The van der Waals surface area contributed by atoms with Gasteiger partial charge in [0.25, 0.3) is 0 Å². The summed E-state index contributed by atoms with van der Waals surface area (Å²) in [6.45, 7) is 7.79. The summed E-state index contributed by atoms with van der Waals surface area (Å²) in [6, 6.07) is 1.61. The molecular weight excluding hydrogens is 479 g/mol. The van der Waals surface area contributed by atoms with Crippen LogP contribution in [0.3, 0.4) is 0 Å². The molecule has 1 aromatic heterocycles. The van der Waals surface area contributed by atoms with Crippen LogP contribution in [0.4, 0.5) is 13.2 Å². The number of halogens is 3. The van der Waals surface area contributed by atoms with Crippen molar-refractivity contribution in [1.29, 1.82) is 0 Å². The molecule has 1 aliphatic carbocycles. The highest BCUT2D eigenvalue weighted by molar-refractivity contribution is 5.86. The van der Waals surface area contributed by atoms with Gasteiger partial charge in [-0.1, -0.05) is 17.7 Å². The van der Waals surface area contributed by atoms with Gasteiger partial charge in [0.1, 0.15) is 17.3 Å². The summed E-state index contributed by atoms with van der Waals surface area (Å²) < 4.78 is 52.6. The Labute approximate surface area is 216 Å². The first kappa shape index (κ1) is 26.9. The molecule has 1 aliphatic heterocycles. The summed E-state index contributed by atoms with van der Waals surface area (Å²) in [4.78, 5) is 13.3. The van der Waals surface area contributed by atoms with Crippen molar-refractivity contribution in [2.45, 2.75) is 64.8 Å². The fourth-order valence-corrected chi connectivity index (χ4v) is 5.43. The van der Waals surface area contributed by atoms with Crippen molar-refractivity contribution in [3.05, 3.63) is 76.7 Å². The molecule has 4 rings (SSSR count). The second-order valence-electron chi connectivity index (χ2n) is 10.4. The molecule has 1 aromatic carbocycles. The van der Waals surface area contributed by atoms with E-state index >= 15 is 8.78 Å². The van der Waals surface area contributed by atoms with E-state index in [4.69, 9.17) is 0 Å². The van der Waals surface area contributed by atoms with Gasteiger partial charge in [-0.3, -0.25) is 9.58 Å². The van der Waals surface area contributed by atoms with Crippen LogP contribution < -0.4 is 0 Å². The third-order valence-corrected chi connectivity index (χ3v) is 7.10. The van der Waals surface area contributed by atoms with Crippen LogP contribution in [0.25, 0.3) is 11.6 Å². The number of esters is 1. The van der Waals surface area contributed by atoms with Gasteiger partial charge in [-0.25, -0.2) is 18.0 Å². The quantitative estimate of drug-likeness (QED) is 0.323. The second kappa shape index (κ2) is 10.7. The van der Waals surface area contributed by atoms with Crippen molar-refractivity contribution in [3.63, 3.8) is 0 Å². The van der Waals surface area contributed by atoms with E-state index in [-0.39, 0.29) is 29.6 Å². The molecule has 0 saturated carbocycles. The van der Waals surface area contributed by atoms with Crippen LogP contribution >= 0.6 is 0 Å². The van der Waals surface area contributed by atoms with Gasteiger partial charge in [-0.2, -0.15) is 5.10 Å². The molecule has 37 heavy (non-hydrogen) atoms. The molecule has 0 bridgehead atoms. The first-order valence-corrected chi connectivity index (χ1v) is 12.6. The molecule has 1 saturated heterocycles. The lowest BCUT2D eigenvalue weighted by Gasteiger charge is -2.49. The number of rotatable bonds is 7. The molecule has 0 spiro atoms. The summed E-state index contributed by atoms with van der Waals surface area (Å²) in [6.07, 6.45) is 11.7. The largest absolute Gasteiger partial charge is 0.466 e. The number of alkyl halides is 1. The number of nitrogens with zero attached hydrogens (tertiary/aromatic N) is 3. The van der Waals surface area contributed by atoms with E-state index in [0.717, 1.165) is 29.3 Å². The molecule has 5 nitrogen and oxygen atoms in total. The monoisotopic (exact) mass is 513 g/mol. The topological polar surface area (TPSA) is 47.4 Å². The molecular formula is C29H34F3N3O2. The molecule has 2 heterocycles. The Morgan fingerprint density at radius 1 is 1.27 bits per heavy atom. The van der Waals surface area contributed by atoms with Crippen molar-refractivity contribution in [3.8, 4) is 0 Å². The number of carbonyl (C=O) groups excluding carboxylic acids is 1. The highest BCUT2D eigenvalue weighted by Gasteiger charge is 2.44. The number of hydrogen-bond donors (Lipinski definition) is 0. The van der Waals surface area contributed by atoms with Crippen LogP contribution in [-0.2, 0) is 16.1 Å². The molecule has 3 unspecified atom stereocenters. The van der Waals surface area contributed by atoms with E-state index in [9.17, 15) is 9.18 Å². The Bertz CT molecular complexity index is 1230. The zero-order valence-corrected chi connectivity index (χ0v) is 22.0. The highest BCUT2D eigenvalue weighted by Crippen LogP contribution is 2.49. The Kier molecular flexibility index (Phi) is 7.78. The molecule has 198 valence electrons. The van der Waals surface area contributed by atoms with Gasteiger partial charge in [0.15, 0.2) is 0 Å². The zero-order chi connectivity index (χ0) is 26.9. The van der Waals surface area contributed by atoms with Crippen molar-refractivity contribution in [2.75, 3.05) is 13.7 Å². The first-order chi connectivity index (χ1) is 17.5. The van der Waals surface area contributed by atoms with E-state index in [1.165, 1.54) is 39.2 Å². The van der Waals surface area contributed by atoms with Gasteiger partial charge in [-0.05, 0) is 69.9 Å². The second-order valence-corrected chi connectivity index (χ2v) is 10.4. The van der Waals surface area contributed by atoms with E-state index in [1.54, 1.807) is 0 Å². The van der Waals surface area contributed by atoms with Crippen molar-refractivity contribution >= 4 is 17.6 Å². The minimum absolute atomic E-state index is 0.0470. The van der Waals surface area contributed by atoms with Crippen molar-refractivity contribution in [1.82, 2.24) is 14.7 Å². The first-order valence-electron chi connectivity index (χ1n) is 12.6. The molecule has 0 N–H and O–H groups in total. The smallest absolute Gasteiger partial charge is 0.330 e. The SMILES string of the molecule is CCn1cc(C2=CCC3C(=C2)CC(C)N(CC(C)(C)F)C3c2c(F)cc(/C=C/C(=O)OC)cc2F)cn1. The van der Waals surface area contributed by atoms with Gasteiger partial charge in [0, 0.05) is 54.5 Å². The van der Waals surface area contributed by atoms with E-state index < -0.39 is 29.3 Å². The summed E-state index contributed by atoms with van der Waals surface area (Å²) in [7, 11) is 1.23. The summed E-state index contributed by atoms with van der Waals surface area (Å²) >= 11 is 0. The normalized spacial score (nSPS) is 22.5. The predicted molar refractivity (Wildman–Crippen MR) is 138 cm³/mol. The lowest BCUT2D eigenvalue weighted by molar-refractivity contribution is -0.134. The van der Waals surface area contributed by atoms with Crippen LogP contribution in [0.2, 0.25) is 0 Å². The van der Waals surface area contributed by atoms with E-state index in [2.05, 4.69) is 22.0 Å². The van der Waals surface area contributed by atoms with Crippen molar-refractivity contribution < 1.29 is 22.7 Å². The van der Waals surface area contributed by atoms with E-state index in [0.29, 0.717) is 12.8 Å². The van der Waals surface area contributed by atoms with Crippen LogP contribution in [0.15, 0.2) is 48.3 Å². The lowest BCUT2D eigenvalue weighted by atomic mass is 9.72. The highest BCUT2D eigenvalue weighted by atomic mass is 19.1. The maximum absolute atomic E-state index is 15.6. The minimum atomic E-state index is -1.55. The molecule has 0 amide bonds. The third kappa shape index (κ3) is 5.90. The fraction of sp³-hybridized carbons (Fsp3) is 0.448. The molecule has 8 heteroatoms. The van der Waals surface area contributed by atoms with Crippen LogP contribution in [0, 0.1) is 17.6 Å². The average Bonchev–Trinajstić information content (AvgIpc) is 3.32. The van der Waals surface area contributed by atoms with E-state index in [1.807, 2.05) is 35.8 Å². The number of hydrogen-bond acceptors (Lipinski definition) is 4.